The van der Waals surface area contributed by atoms with Gasteiger partial charge in [-0.1, -0.05) is 6.42 Å². The highest BCUT2D eigenvalue weighted by atomic mass is 16.5. The molecule has 4 heteroatoms. The monoisotopic (exact) mass is 252 g/mol. The van der Waals surface area contributed by atoms with Crippen LogP contribution in [0.15, 0.2) is 0 Å². The van der Waals surface area contributed by atoms with Crippen LogP contribution in [0, 0.1) is 17.8 Å². The van der Waals surface area contributed by atoms with E-state index in [1.165, 1.54) is 19.3 Å². The maximum absolute atomic E-state index is 11.9. The molecule has 1 amide bonds. The maximum atomic E-state index is 11.9. The van der Waals surface area contributed by atoms with E-state index < -0.39 is 0 Å². The zero-order chi connectivity index (χ0) is 12.4. The van der Waals surface area contributed by atoms with Gasteiger partial charge in [0.1, 0.15) is 0 Å². The van der Waals surface area contributed by atoms with Crippen molar-refractivity contribution in [2.45, 2.75) is 25.7 Å². The predicted molar refractivity (Wildman–Crippen MR) is 69.2 cm³/mol. The highest BCUT2D eigenvalue weighted by Gasteiger charge is 2.56. The van der Waals surface area contributed by atoms with Gasteiger partial charge in [0.15, 0.2) is 0 Å². The first-order valence-corrected chi connectivity index (χ1v) is 7.44. The number of nitrogens with one attached hydrogen (secondary N) is 1. The Morgan fingerprint density at radius 1 is 1.22 bits per heavy atom. The van der Waals surface area contributed by atoms with Crippen LogP contribution in [0.2, 0.25) is 0 Å². The first kappa shape index (κ1) is 12.4. The van der Waals surface area contributed by atoms with E-state index in [9.17, 15) is 4.79 Å². The largest absolute Gasteiger partial charge is 0.379 e. The van der Waals surface area contributed by atoms with Crippen molar-refractivity contribution in [1.29, 1.82) is 0 Å². The van der Waals surface area contributed by atoms with Crippen molar-refractivity contribution < 1.29 is 9.53 Å². The lowest BCUT2D eigenvalue weighted by molar-refractivity contribution is -0.123. The molecule has 0 spiro atoms. The molecule has 1 unspecified atom stereocenters. The lowest BCUT2D eigenvalue weighted by Crippen LogP contribution is -2.38. The van der Waals surface area contributed by atoms with Gasteiger partial charge in [-0.15, -0.1) is 0 Å². The fourth-order valence-electron chi connectivity index (χ4n) is 3.67. The minimum Gasteiger partial charge on any atom is -0.379 e. The van der Waals surface area contributed by atoms with E-state index in [0.717, 1.165) is 57.6 Å². The molecule has 1 saturated heterocycles. The molecule has 1 aliphatic heterocycles. The Hall–Kier alpha value is -0.610. The van der Waals surface area contributed by atoms with Crippen LogP contribution in [0.1, 0.15) is 25.7 Å². The van der Waals surface area contributed by atoms with Crippen molar-refractivity contribution in [2.24, 2.45) is 17.8 Å². The van der Waals surface area contributed by atoms with Crippen molar-refractivity contribution >= 4 is 5.91 Å². The molecular weight excluding hydrogens is 228 g/mol. The molecule has 2 aliphatic carbocycles. The molecule has 0 bridgehead atoms. The first-order valence-electron chi connectivity index (χ1n) is 7.44. The molecule has 102 valence electrons. The van der Waals surface area contributed by atoms with Gasteiger partial charge < -0.3 is 10.1 Å². The molecule has 2 saturated carbocycles. The molecule has 0 aromatic rings. The van der Waals surface area contributed by atoms with E-state index in [1.54, 1.807) is 0 Å². The summed E-state index contributed by atoms with van der Waals surface area (Å²) in [6, 6.07) is 0. The van der Waals surface area contributed by atoms with Crippen LogP contribution < -0.4 is 5.32 Å². The third-order valence-electron chi connectivity index (χ3n) is 4.76. The average Bonchev–Trinajstić information content (AvgIpc) is 2.89. The van der Waals surface area contributed by atoms with Crippen molar-refractivity contribution in [3.63, 3.8) is 0 Å². The summed E-state index contributed by atoms with van der Waals surface area (Å²) in [4.78, 5) is 14.3. The predicted octanol–water partition coefficient (Wildman–Crippen LogP) is 0.871. The Labute approximate surface area is 109 Å². The average molecular weight is 252 g/mol. The number of rotatable bonds is 5. The molecule has 3 atom stereocenters. The van der Waals surface area contributed by atoms with Crippen LogP contribution in [0.5, 0.6) is 0 Å². The number of amides is 1. The van der Waals surface area contributed by atoms with Crippen LogP contribution in [-0.2, 0) is 9.53 Å². The summed E-state index contributed by atoms with van der Waals surface area (Å²) < 4.78 is 5.31. The number of hydrogen-bond donors (Lipinski definition) is 1. The number of ether oxygens (including phenoxy) is 1. The van der Waals surface area contributed by atoms with Crippen LogP contribution in [0.25, 0.3) is 0 Å². The molecule has 3 aliphatic rings. The smallest absolute Gasteiger partial charge is 0.223 e. The van der Waals surface area contributed by atoms with Gasteiger partial charge in [-0.2, -0.15) is 0 Å². The Kier molecular flexibility index (Phi) is 3.85. The Bertz CT molecular complexity index is 292. The van der Waals surface area contributed by atoms with E-state index in [4.69, 9.17) is 4.74 Å². The van der Waals surface area contributed by atoms with Gasteiger partial charge in [0.2, 0.25) is 5.91 Å². The number of carbonyl (C=O) groups is 1. The molecule has 0 aromatic heterocycles. The Morgan fingerprint density at radius 2 is 1.94 bits per heavy atom. The highest BCUT2D eigenvalue weighted by Crippen LogP contribution is 2.57. The molecule has 18 heavy (non-hydrogen) atoms. The fraction of sp³-hybridized carbons (Fsp3) is 0.929. The van der Waals surface area contributed by atoms with E-state index in [-0.39, 0.29) is 0 Å². The molecule has 1 heterocycles. The molecule has 0 radical (unpaired) electrons. The summed E-state index contributed by atoms with van der Waals surface area (Å²) in [5.74, 6) is 2.18. The van der Waals surface area contributed by atoms with Crippen molar-refractivity contribution in [3.8, 4) is 0 Å². The standard InChI is InChI=1S/C14H24N2O2/c17-14(13-11-3-1-4-12(11)13)15-5-2-6-16-7-9-18-10-8-16/h11-13H,1-10H2,(H,15,17)/t11-,12+,13?. The van der Waals surface area contributed by atoms with E-state index in [0.29, 0.717) is 11.8 Å². The van der Waals surface area contributed by atoms with Crippen LogP contribution >= 0.6 is 0 Å². The highest BCUT2D eigenvalue weighted by molar-refractivity contribution is 5.82. The minimum atomic E-state index is 0.326. The number of hydrogen-bond acceptors (Lipinski definition) is 3. The summed E-state index contributed by atoms with van der Waals surface area (Å²) in [6.07, 6.45) is 4.98. The summed E-state index contributed by atoms with van der Waals surface area (Å²) in [5, 5.41) is 3.12. The molecule has 4 nitrogen and oxygen atoms in total. The summed E-state index contributed by atoms with van der Waals surface area (Å²) in [7, 11) is 0. The number of morpholine rings is 1. The molecule has 3 fully saturated rings. The van der Waals surface area contributed by atoms with Crippen LogP contribution in [0.4, 0.5) is 0 Å². The third-order valence-corrected chi connectivity index (χ3v) is 4.76. The second-order valence-electron chi connectivity index (χ2n) is 5.88. The van der Waals surface area contributed by atoms with Crippen LogP contribution in [0.3, 0.4) is 0 Å². The van der Waals surface area contributed by atoms with Crippen molar-refractivity contribution in [1.82, 2.24) is 10.2 Å². The van der Waals surface area contributed by atoms with Crippen molar-refractivity contribution in [3.05, 3.63) is 0 Å². The normalized spacial score (nSPS) is 35.2. The van der Waals surface area contributed by atoms with Crippen LogP contribution in [-0.4, -0.2) is 50.2 Å². The van der Waals surface area contributed by atoms with Gasteiger partial charge in [0.25, 0.3) is 0 Å². The lowest BCUT2D eigenvalue weighted by Gasteiger charge is -2.26. The van der Waals surface area contributed by atoms with E-state index in [2.05, 4.69) is 10.2 Å². The number of nitrogens with zero attached hydrogens (tertiary/aromatic N) is 1. The minimum absolute atomic E-state index is 0.326. The summed E-state index contributed by atoms with van der Waals surface area (Å²) in [5.41, 5.74) is 0. The van der Waals surface area contributed by atoms with Gasteiger partial charge >= 0.3 is 0 Å². The van der Waals surface area contributed by atoms with Gasteiger partial charge in [-0.25, -0.2) is 0 Å². The van der Waals surface area contributed by atoms with Gasteiger partial charge in [-0.05, 0) is 37.6 Å². The second kappa shape index (κ2) is 5.57. The van der Waals surface area contributed by atoms with E-state index >= 15 is 0 Å². The lowest BCUT2D eigenvalue weighted by atomic mass is 10.1. The fourth-order valence-corrected chi connectivity index (χ4v) is 3.67. The maximum Gasteiger partial charge on any atom is 0.223 e. The Morgan fingerprint density at radius 3 is 2.67 bits per heavy atom. The summed E-state index contributed by atoms with van der Waals surface area (Å²) >= 11 is 0. The molecule has 0 aromatic carbocycles. The van der Waals surface area contributed by atoms with Gasteiger partial charge in [0, 0.05) is 25.6 Å². The Balaban J connectivity index is 1.27. The zero-order valence-electron chi connectivity index (χ0n) is 11.1. The second-order valence-corrected chi connectivity index (χ2v) is 5.88. The molecular formula is C14H24N2O2. The van der Waals surface area contributed by atoms with Crippen molar-refractivity contribution in [2.75, 3.05) is 39.4 Å². The van der Waals surface area contributed by atoms with Gasteiger partial charge in [-0.3, -0.25) is 9.69 Å². The zero-order valence-corrected chi connectivity index (χ0v) is 11.1. The molecule has 1 N–H and O–H groups in total. The summed E-state index contributed by atoms with van der Waals surface area (Å²) in [6.45, 7) is 5.73. The van der Waals surface area contributed by atoms with E-state index in [1.807, 2.05) is 0 Å². The number of fused-ring (bicyclic) bond motifs is 1. The topological polar surface area (TPSA) is 41.6 Å². The SMILES string of the molecule is O=C(NCCCN1CCOCC1)C1[C@H]2CCC[C@@H]12. The third kappa shape index (κ3) is 2.69. The quantitative estimate of drug-likeness (QED) is 0.738. The number of carbonyl (C=O) groups excluding carboxylic acids is 1. The first-order chi connectivity index (χ1) is 8.86. The van der Waals surface area contributed by atoms with Gasteiger partial charge in [0.05, 0.1) is 13.2 Å². The molecule has 3 rings (SSSR count).